The number of carboxylic acid groups (broad SMARTS) is 1. The van der Waals surface area contributed by atoms with Crippen molar-refractivity contribution in [3.05, 3.63) is 41.5 Å². The van der Waals surface area contributed by atoms with E-state index < -0.39 is 5.97 Å². The molecule has 0 bridgehead atoms. The Labute approximate surface area is 123 Å². The second-order valence-corrected chi connectivity index (χ2v) is 6.55. The van der Waals surface area contributed by atoms with Crippen molar-refractivity contribution < 1.29 is 9.90 Å². The SMILES string of the molecule is CC(C)(C)c1ccccc1-n1nc(C(=O)O)nc1C1CC1. The molecule has 1 aliphatic carbocycles. The zero-order valence-corrected chi connectivity index (χ0v) is 12.5. The number of aromatic carboxylic acids is 1. The van der Waals surface area contributed by atoms with Crippen molar-refractivity contribution in [3.8, 4) is 5.69 Å². The number of hydrogen-bond acceptors (Lipinski definition) is 3. The molecule has 1 heterocycles. The van der Waals surface area contributed by atoms with Crippen molar-refractivity contribution in [2.45, 2.75) is 44.9 Å². The predicted molar refractivity (Wildman–Crippen MR) is 79.0 cm³/mol. The Morgan fingerprint density at radius 3 is 2.52 bits per heavy atom. The first-order valence-electron chi connectivity index (χ1n) is 7.18. The van der Waals surface area contributed by atoms with Gasteiger partial charge in [0.1, 0.15) is 5.82 Å². The Kier molecular flexibility index (Phi) is 3.08. The Balaban J connectivity index is 2.19. The highest BCUT2D eigenvalue weighted by atomic mass is 16.4. The lowest BCUT2D eigenvalue weighted by molar-refractivity contribution is 0.0683. The van der Waals surface area contributed by atoms with Gasteiger partial charge in [-0.15, -0.1) is 5.10 Å². The smallest absolute Gasteiger partial charge is 0.375 e. The summed E-state index contributed by atoms with van der Waals surface area (Å²) < 4.78 is 1.72. The first kappa shape index (κ1) is 13.8. The van der Waals surface area contributed by atoms with Crippen LogP contribution in [-0.4, -0.2) is 25.8 Å². The molecule has 1 aromatic heterocycles. The minimum atomic E-state index is -1.08. The van der Waals surface area contributed by atoms with Gasteiger partial charge in [-0.25, -0.2) is 14.5 Å². The second-order valence-electron chi connectivity index (χ2n) is 6.55. The van der Waals surface area contributed by atoms with Crippen LogP contribution in [-0.2, 0) is 5.41 Å². The molecule has 5 nitrogen and oxygen atoms in total. The lowest BCUT2D eigenvalue weighted by Crippen LogP contribution is -2.16. The van der Waals surface area contributed by atoms with Gasteiger partial charge in [-0.2, -0.15) is 0 Å². The number of nitrogens with zero attached hydrogens (tertiary/aromatic N) is 3. The summed E-state index contributed by atoms with van der Waals surface area (Å²) in [4.78, 5) is 15.4. The Bertz CT molecular complexity index is 694. The molecule has 2 aromatic rings. The normalized spacial score (nSPS) is 15.2. The summed E-state index contributed by atoms with van der Waals surface area (Å²) >= 11 is 0. The summed E-state index contributed by atoms with van der Waals surface area (Å²) in [5, 5.41) is 13.4. The molecule has 1 aliphatic rings. The van der Waals surface area contributed by atoms with E-state index in [1.165, 1.54) is 0 Å². The van der Waals surface area contributed by atoms with E-state index in [1.54, 1.807) is 4.68 Å². The molecule has 0 saturated heterocycles. The predicted octanol–water partition coefficient (Wildman–Crippen LogP) is 3.14. The van der Waals surface area contributed by atoms with E-state index in [0.29, 0.717) is 5.92 Å². The van der Waals surface area contributed by atoms with E-state index in [0.717, 1.165) is 29.9 Å². The number of carbonyl (C=O) groups is 1. The van der Waals surface area contributed by atoms with Crippen molar-refractivity contribution in [1.29, 1.82) is 0 Å². The van der Waals surface area contributed by atoms with Crippen LogP contribution in [0.2, 0.25) is 0 Å². The second kappa shape index (κ2) is 4.69. The van der Waals surface area contributed by atoms with Crippen LogP contribution in [0.4, 0.5) is 0 Å². The van der Waals surface area contributed by atoms with Gasteiger partial charge >= 0.3 is 5.97 Å². The van der Waals surface area contributed by atoms with Crippen LogP contribution >= 0.6 is 0 Å². The van der Waals surface area contributed by atoms with E-state index in [2.05, 4.69) is 36.9 Å². The fourth-order valence-electron chi connectivity index (χ4n) is 2.49. The molecule has 0 aliphatic heterocycles. The van der Waals surface area contributed by atoms with Crippen LogP contribution in [0, 0.1) is 0 Å². The van der Waals surface area contributed by atoms with Gasteiger partial charge in [0, 0.05) is 5.92 Å². The van der Waals surface area contributed by atoms with Crippen molar-refractivity contribution in [3.63, 3.8) is 0 Å². The number of carboxylic acids is 1. The number of aromatic nitrogens is 3. The molecule has 3 rings (SSSR count). The summed E-state index contributed by atoms with van der Waals surface area (Å²) in [6.07, 6.45) is 2.10. The quantitative estimate of drug-likeness (QED) is 0.940. The largest absolute Gasteiger partial charge is 0.475 e. The molecule has 0 unspecified atom stereocenters. The summed E-state index contributed by atoms with van der Waals surface area (Å²) in [6, 6.07) is 7.99. The maximum Gasteiger partial charge on any atom is 0.375 e. The van der Waals surface area contributed by atoms with Gasteiger partial charge < -0.3 is 5.11 Å². The first-order chi connectivity index (χ1) is 9.88. The number of benzene rings is 1. The third-order valence-electron chi connectivity index (χ3n) is 3.71. The zero-order chi connectivity index (χ0) is 15.2. The van der Waals surface area contributed by atoms with Crippen molar-refractivity contribution in [2.24, 2.45) is 0 Å². The van der Waals surface area contributed by atoms with Gasteiger partial charge in [-0.05, 0) is 29.9 Å². The zero-order valence-electron chi connectivity index (χ0n) is 12.5. The van der Waals surface area contributed by atoms with Crippen LogP contribution in [0.3, 0.4) is 0 Å². The van der Waals surface area contributed by atoms with Crippen LogP contribution in [0.5, 0.6) is 0 Å². The maximum atomic E-state index is 11.2. The van der Waals surface area contributed by atoms with Gasteiger partial charge in [-0.1, -0.05) is 39.0 Å². The molecule has 5 heteroatoms. The molecule has 0 spiro atoms. The highest BCUT2D eigenvalue weighted by Crippen LogP contribution is 2.40. The molecular weight excluding hydrogens is 266 g/mol. The molecule has 1 aromatic carbocycles. The monoisotopic (exact) mass is 285 g/mol. The van der Waals surface area contributed by atoms with Crippen LogP contribution in [0.1, 0.15) is 61.5 Å². The van der Waals surface area contributed by atoms with E-state index in [9.17, 15) is 4.79 Å². The summed E-state index contributed by atoms with van der Waals surface area (Å²) in [5.74, 6) is -0.104. The minimum absolute atomic E-state index is 0.0489. The standard InChI is InChI=1S/C16H19N3O2/c1-16(2,3)11-6-4-5-7-12(11)19-14(10-8-9-10)17-13(18-19)15(20)21/h4-7,10H,8-9H2,1-3H3,(H,20,21). The lowest BCUT2D eigenvalue weighted by atomic mass is 9.86. The average Bonchev–Trinajstić information content (AvgIpc) is 3.16. The molecule has 1 saturated carbocycles. The van der Waals surface area contributed by atoms with Crippen LogP contribution < -0.4 is 0 Å². The summed E-state index contributed by atoms with van der Waals surface area (Å²) in [5.41, 5.74) is 2.01. The summed E-state index contributed by atoms with van der Waals surface area (Å²) in [7, 11) is 0. The molecule has 110 valence electrons. The van der Waals surface area contributed by atoms with Crippen molar-refractivity contribution in [2.75, 3.05) is 0 Å². The molecule has 1 N–H and O–H groups in total. The Hall–Kier alpha value is -2.17. The number of hydrogen-bond donors (Lipinski definition) is 1. The van der Waals surface area contributed by atoms with E-state index in [1.807, 2.05) is 18.2 Å². The average molecular weight is 285 g/mol. The van der Waals surface area contributed by atoms with E-state index in [-0.39, 0.29) is 11.2 Å². The third kappa shape index (κ3) is 2.55. The number of para-hydroxylation sites is 1. The molecule has 0 radical (unpaired) electrons. The van der Waals surface area contributed by atoms with Crippen LogP contribution in [0.25, 0.3) is 5.69 Å². The highest BCUT2D eigenvalue weighted by molar-refractivity contribution is 5.83. The Morgan fingerprint density at radius 1 is 1.29 bits per heavy atom. The minimum Gasteiger partial charge on any atom is -0.475 e. The molecule has 0 atom stereocenters. The Morgan fingerprint density at radius 2 is 1.95 bits per heavy atom. The highest BCUT2D eigenvalue weighted by Gasteiger charge is 2.32. The van der Waals surface area contributed by atoms with Gasteiger partial charge in [-0.3, -0.25) is 0 Å². The van der Waals surface area contributed by atoms with E-state index >= 15 is 0 Å². The maximum absolute atomic E-state index is 11.2. The van der Waals surface area contributed by atoms with Crippen LogP contribution in [0.15, 0.2) is 24.3 Å². The van der Waals surface area contributed by atoms with Crippen molar-refractivity contribution in [1.82, 2.24) is 14.8 Å². The fourth-order valence-corrected chi connectivity index (χ4v) is 2.49. The molecular formula is C16H19N3O2. The first-order valence-corrected chi connectivity index (χ1v) is 7.18. The topological polar surface area (TPSA) is 68.0 Å². The summed E-state index contributed by atoms with van der Waals surface area (Å²) in [6.45, 7) is 6.41. The van der Waals surface area contributed by atoms with Crippen molar-refractivity contribution >= 4 is 5.97 Å². The lowest BCUT2D eigenvalue weighted by Gasteiger charge is -2.23. The fraction of sp³-hybridized carbons (Fsp3) is 0.438. The van der Waals surface area contributed by atoms with Gasteiger partial charge in [0.05, 0.1) is 5.69 Å². The number of rotatable bonds is 3. The van der Waals surface area contributed by atoms with E-state index in [4.69, 9.17) is 5.11 Å². The molecule has 21 heavy (non-hydrogen) atoms. The van der Waals surface area contributed by atoms with Gasteiger partial charge in [0.25, 0.3) is 5.82 Å². The third-order valence-corrected chi connectivity index (χ3v) is 3.71. The van der Waals surface area contributed by atoms with Gasteiger partial charge in [0.2, 0.25) is 0 Å². The van der Waals surface area contributed by atoms with Gasteiger partial charge in [0.15, 0.2) is 0 Å². The molecule has 1 fully saturated rings. The molecule has 0 amide bonds.